The fourth-order valence-corrected chi connectivity index (χ4v) is 5.35. The van der Waals surface area contributed by atoms with Crippen molar-refractivity contribution in [3.05, 3.63) is 90.3 Å². The number of rotatable bonds is 11. The molecule has 3 aromatic carbocycles. The number of para-hydroxylation sites is 1. The highest BCUT2D eigenvalue weighted by Crippen LogP contribution is 2.33. The third kappa shape index (κ3) is 10.00. The molecule has 0 saturated carbocycles. The number of carbonyl (C=O) groups excluding carboxylic acids is 1. The van der Waals surface area contributed by atoms with E-state index in [1.165, 1.54) is 24.9 Å². The van der Waals surface area contributed by atoms with Gasteiger partial charge in [0.15, 0.2) is 11.5 Å². The molecular formula is C36H41F3N4O5. The van der Waals surface area contributed by atoms with Crippen LogP contribution in [0.3, 0.4) is 0 Å². The monoisotopic (exact) mass is 666 g/mol. The molecule has 1 fully saturated rings. The van der Waals surface area contributed by atoms with Crippen molar-refractivity contribution in [2.24, 2.45) is 0 Å². The zero-order chi connectivity index (χ0) is 34.7. The summed E-state index contributed by atoms with van der Waals surface area (Å²) >= 11 is 0. The molecule has 1 aromatic heterocycles. The number of alkyl halides is 3. The van der Waals surface area contributed by atoms with E-state index in [1.807, 2.05) is 75.5 Å². The van der Waals surface area contributed by atoms with Crippen molar-refractivity contribution >= 4 is 34.0 Å². The van der Waals surface area contributed by atoms with Crippen LogP contribution in [0.1, 0.15) is 57.2 Å². The second-order valence-electron chi connectivity index (χ2n) is 11.5. The van der Waals surface area contributed by atoms with Gasteiger partial charge in [0.05, 0.1) is 12.7 Å². The van der Waals surface area contributed by atoms with Crippen molar-refractivity contribution in [3.63, 3.8) is 0 Å². The maximum Gasteiger partial charge on any atom is 0.490 e. The molecule has 1 amide bonds. The predicted octanol–water partition coefficient (Wildman–Crippen LogP) is 7.51. The molecule has 256 valence electrons. The SMILES string of the molecule is CCOc1cc(C(Nc2ccc3cnccc3c2)C(=O)NCc2ccccc2N2CCCCC2)ccc1OC(C)C.O=C(O)C(F)(F)F. The van der Waals surface area contributed by atoms with E-state index in [1.54, 1.807) is 6.20 Å². The van der Waals surface area contributed by atoms with E-state index in [-0.39, 0.29) is 12.0 Å². The topological polar surface area (TPSA) is 113 Å². The van der Waals surface area contributed by atoms with Crippen molar-refractivity contribution in [1.29, 1.82) is 0 Å². The number of hydrogen-bond acceptors (Lipinski definition) is 7. The number of halogens is 3. The smallest absolute Gasteiger partial charge is 0.490 e. The van der Waals surface area contributed by atoms with Gasteiger partial charge in [-0.05, 0) is 92.9 Å². The molecule has 0 bridgehead atoms. The van der Waals surface area contributed by atoms with Crippen LogP contribution in [0.2, 0.25) is 0 Å². The molecule has 1 atom stereocenters. The minimum Gasteiger partial charge on any atom is -0.490 e. The quantitative estimate of drug-likeness (QED) is 0.151. The number of piperidine rings is 1. The Labute approximate surface area is 278 Å². The summed E-state index contributed by atoms with van der Waals surface area (Å²) in [5, 5.41) is 15.9. The summed E-state index contributed by atoms with van der Waals surface area (Å²) in [6, 6.07) is 21.5. The van der Waals surface area contributed by atoms with Gasteiger partial charge in [0.1, 0.15) is 6.04 Å². The lowest BCUT2D eigenvalue weighted by molar-refractivity contribution is -0.192. The van der Waals surface area contributed by atoms with Gasteiger partial charge in [-0.3, -0.25) is 9.78 Å². The van der Waals surface area contributed by atoms with Gasteiger partial charge < -0.3 is 30.1 Å². The number of anilines is 2. The summed E-state index contributed by atoms with van der Waals surface area (Å²) < 4.78 is 43.6. The van der Waals surface area contributed by atoms with Gasteiger partial charge in [0.2, 0.25) is 5.91 Å². The summed E-state index contributed by atoms with van der Waals surface area (Å²) in [5.74, 6) is -1.59. The normalized spacial score (nSPS) is 13.7. The average Bonchev–Trinajstić information content (AvgIpc) is 3.07. The number of pyridine rings is 1. The first kappa shape index (κ1) is 35.8. The Kier molecular flexibility index (Phi) is 12.5. The Hall–Kier alpha value is -5.00. The minimum atomic E-state index is -5.08. The molecule has 0 spiro atoms. The van der Waals surface area contributed by atoms with Gasteiger partial charge in [-0.15, -0.1) is 0 Å². The molecule has 1 saturated heterocycles. The Morgan fingerprint density at radius 1 is 0.958 bits per heavy atom. The molecule has 3 N–H and O–H groups in total. The van der Waals surface area contributed by atoms with Crippen LogP contribution >= 0.6 is 0 Å². The summed E-state index contributed by atoms with van der Waals surface area (Å²) in [5.41, 5.74) is 3.96. The molecule has 4 aromatic rings. The first-order valence-electron chi connectivity index (χ1n) is 15.9. The standard InChI is InChI=1S/C34H40N4O3.C2HF3O2/c1-4-40-32-21-26(13-15-31(32)41-24(2)3)33(37-29-14-12-27-22-35-17-16-25(27)20-29)34(39)36-23-28-10-6-7-11-30(28)38-18-8-5-9-19-38;3-2(4,5)1(6)7/h6-7,10-17,20-22,24,33,37H,4-5,8-9,18-19,23H2,1-3H3,(H,36,39);(H,6,7). The Bertz CT molecular complexity index is 1680. The molecular weight excluding hydrogens is 625 g/mol. The minimum absolute atomic E-state index is 0.00402. The van der Waals surface area contributed by atoms with Gasteiger partial charge in [-0.25, -0.2) is 4.79 Å². The van der Waals surface area contributed by atoms with Crippen molar-refractivity contribution in [2.45, 2.75) is 64.9 Å². The van der Waals surface area contributed by atoms with Gasteiger partial charge in [0, 0.05) is 48.8 Å². The molecule has 1 aliphatic heterocycles. The fraction of sp³-hybridized carbons (Fsp3) is 0.361. The highest BCUT2D eigenvalue weighted by Gasteiger charge is 2.38. The third-order valence-electron chi connectivity index (χ3n) is 7.56. The van der Waals surface area contributed by atoms with Gasteiger partial charge in [0.25, 0.3) is 0 Å². The molecule has 2 heterocycles. The number of aliphatic carboxylic acids is 1. The lowest BCUT2D eigenvalue weighted by Gasteiger charge is -2.31. The molecule has 0 aliphatic carbocycles. The summed E-state index contributed by atoms with van der Waals surface area (Å²) in [6.45, 7) is 8.96. The summed E-state index contributed by atoms with van der Waals surface area (Å²) in [4.78, 5) is 29.5. The summed E-state index contributed by atoms with van der Waals surface area (Å²) in [6.07, 6.45) is 2.21. The number of benzene rings is 3. The molecule has 48 heavy (non-hydrogen) atoms. The van der Waals surface area contributed by atoms with E-state index in [9.17, 15) is 18.0 Å². The molecule has 5 rings (SSSR count). The second kappa shape index (κ2) is 16.7. The highest BCUT2D eigenvalue weighted by molar-refractivity contribution is 5.89. The van der Waals surface area contributed by atoms with Crippen molar-refractivity contribution < 1.29 is 37.3 Å². The predicted molar refractivity (Wildman–Crippen MR) is 180 cm³/mol. The number of carboxylic acids is 1. The average molecular weight is 667 g/mol. The lowest BCUT2D eigenvalue weighted by Crippen LogP contribution is -2.34. The fourth-order valence-electron chi connectivity index (χ4n) is 5.35. The lowest BCUT2D eigenvalue weighted by atomic mass is 10.0. The van der Waals surface area contributed by atoms with Crippen LogP contribution < -0.4 is 25.0 Å². The molecule has 9 nitrogen and oxygen atoms in total. The van der Waals surface area contributed by atoms with Crippen molar-refractivity contribution in [1.82, 2.24) is 10.3 Å². The molecule has 1 unspecified atom stereocenters. The molecule has 0 radical (unpaired) electrons. The van der Waals surface area contributed by atoms with Crippen LogP contribution in [-0.4, -0.2) is 53.9 Å². The van der Waals surface area contributed by atoms with Crippen LogP contribution in [0.5, 0.6) is 11.5 Å². The summed E-state index contributed by atoms with van der Waals surface area (Å²) in [7, 11) is 0. The second-order valence-corrected chi connectivity index (χ2v) is 11.5. The number of ether oxygens (including phenoxy) is 2. The van der Waals surface area contributed by atoms with Crippen molar-refractivity contribution in [3.8, 4) is 11.5 Å². The van der Waals surface area contributed by atoms with Crippen LogP contribution in [0, 0.1) is 0 Å². The van der Waals surface area contributed by atoms with Gasteiger partial charge >= 0.3 is 12.1 Å². The Morgan fingerprint density at radius 2 is 1.69 bits per heavy atom. The highest BCUT2D eigenvalue weighted by atomic mass is 19.4. The van der Waals surface area contributed by atoms with Crippen LogP contribution in [0.25, 0.3) is 10.8 Å². The first-order valence-corrected chi connectivity index (χ1v) is 15.9. The van der Waals surface area contributed by atoms with Gasteiger partial charge in [-0.1, -0.05) is 30.3 Å². The molecule has 12 heteroatoms. The maximum atomic E-state index is 13.9. The zero-order valence-corrected chi connectivity index (χ0v) is 27.2. The number of nitrogens with zero attached hydrogens (tertiary/aromatic N) is 2. The number of carbonyl (C=O) groups is 2. The van der Waals surface area contributed by atoms with E-state index < -0.39 is 18.2 Å². The number of fused-ring (bicyclic) bond motifs is 1. The van der Waals surface area contributed by atoms with Crippen molar-refractivity contribution in [2.75, 3.05) is 29.9 Å². The first-order chi connectivity index (χ1) is 23.0. The van der Waals surface area contributed by atoms with E-state index in [2.05, 4.69) is 38.7 Å². The number of nitrogens with one attached hydrogen (secondary N) is 2. The van der Waals surface area contributed by atoms with Gasteiger partial charge in [-0.2, -0.15) is 13.2 Å². The largest absolute Gasteiger partial charge is 0.490 e. The number of aromatic nitrogens is 1. The number of hydrogen-bond donors (Lipinski definition) is 3. The van der Waals surface area contributed by atoms with E-state index in [0.29, 0.717) is 24.7 Å². The van der Waals surface area contributed by atoms with Crippen LogP contribution in [0.15, 0.2) is 79.1 Å². The van der Waals surface area contributed by atoms with E-state index in [0.717, 1.165) is 40.7 Å². The van der Waals surface area contributed by atoms with E-state index in [4.69, 9.17) is 19.4 Å². The third-order valence-corrected chi connectivity index (χ3v) is 7.56. The molecule has 1 aliphatic rings. The Balaban J connectivity index is 0.000000671. The van der Waals surface area contributed by atoms with E-state index >= 15 is 0 Å². The van der Waals surface area contributed by atoms with Crippen LogP contribution in [-0.2, 0) is 16.1 Å². The zero-order valence-electron chi connectivity index (χ0n) is 27.2. The Morgan fingerprint density at radius 3 is 2.38 bits per heavy atom. The maximum absolute atomic E-state index is 13.9. The number of amides is 1. The number of carboxylic acid groups (broad SMARTS) is 1. The van der Waals surface area contributed by atoms with Crippen LogP contribution in [0.4, 0.5) is 24.5 Å².